The molecule has 0 aromatic heterocycles. The van der Waals surface area contributed by atoms with Crippen LogP contribution in [0.2, 0.25) is 0 Å². The molecule has 6 nitrogen and oxygen atoms in total. The fraction of sp³-hybridized carbons (Fsp3) is 0.434. The van der Waals surface area contributed by atoms with Gasteiger partial charge < -0.3 is 18.9 Å². The molecule has 2 fully saturated rings. The Balaban J connectivity index is 1.10. The van der Waals surface area contributed by atoms with Gasteiger partial charge in [0.05, 0.1) is 0 Å². The van der Waals surface area contributed by atoms with Gasteiger partial charge in [-0.3, -0.25) is 0 Å². The van der Waals surface area contributed by atoms with Gasteiger partial charge >= 0.3 is 11.9 Å². The van der Waals surface area contributed by atoms with Crippen molar-refractivity contribution in [1.82, 2.24) is 0 Å². The molecule has 6 rings (SSSR count). The minimum absolute atomic E-state index is 0.119. The topological polar surface area (TPSA) is 71.1 Å². The maximum absolute atomic E-state index is 11.9. The van der Waals surface area contributed by atoms with Crippen molar-refractivity contribution >= 4 is 11.9 Å². The number of hydrogen-bond acceptors (Lipinski definition) is 6. The lowest BCUT2D eigenvalue weighted by atomic mass is 9.62. The highest BCUT2D eigenvalue weighted by molar-refractivity contribution is 5.89. The zero-order valence-electron chi connectivity index (χ0n) is 35.6. The van der Waals surface area contributed by atoms with E-state index >= 15 is 0 Å². The molecule has 312 valence electrons. The summed E-state index contributed by atoms with van der Waals surface area (Å²) in [5.74, 6) is 5.46. The van der Waals surface area contributed by atoms with Crippen LogP contribution in [0.4, 0.5) is 0 Å². The monoisotopic (exact) mass is 796 g/mol. The van der Waals surface area contributed by atoms with Crippen LogP contribution >= 0.6 is 0 Å². The molecule has 0 heterocycles. The van der Waals surface area contributed by atoms with Gasteiger partial charge in [0.1, 0.15) is 34.5 Å². The molecule has 0 atom stereocenters. The predicted octanol–water partition coefficient (Wildman–Crippen LogP) is 14.7. The zero-order chi connectivity index (χ0) is 41.6. The first-order chi connectivity index (χ1) is 28.6. The number of hydrogen-bond donors (Lipinski definition) is 0. The third-order valence-corrected chi connectivity index (χ3v) is 12.7. The third kappa shape index (κ3) is 12.5. The molecule has 6 heteroatoms. The SMILES string of the molecule is C=C(C)C(=O)Oc1ccc(Oc2ccc(C3(c4ccc(Oc5ccc(OC(=O)C(=C)C)cc5)cc4)CCC(CCC4CCC(CCCCCCC)CC4)CC3)cc2)cc1. The van der Waals surface area contributed by atoms with Crippen molar-refractivity contribution in [2.75, 3.05) is 0 Å². The lowest BCUT2D eigenvalue weighted by Gasteiger charge is -2.42. The van der Waals surface area contributed by atoms with Crippen LogP contribution in [0.3, 0.4) is 0 Å². The van der Waals surface area contributed by atoms with E-state index in [2.05, 4.69) is 68.6 Å². The summed E-state index contributed by atoms with van der Waals surface area (Å²) < 4.78 is 23.1. The van der Waals surface area contributed by atoms with Gasteiger partial charge in [-0.15, -0.1) is 0 Å². The average Bonchev–Trinajstić information content (AvgIpc) is 3.25. The van der Waals surface area contributed by atoms with Gasteiger partial charge in [-0.1, -0.05) is 121 Å². The Morgan fingerprint density at radius 3 is 1.22 bits per heavy atom. The molecular formula is C53H64O6. The Kier molecular flexibility index (Phi) is 15.7. The number of unbranched alkanes of at least 4 members (excludes halogenated alkanes) is 4. The van der Waals surface area contributed by atoms with E-state index in [1.54, 1.807) is 62.4 Å². The van der Waals surface area contributed by atoms with Crippen LogP contribution in [0.1, 0.15) is 135 Å². The van der Waals surface area contributed by atoms with Gasteiger partial charge in [0.25, 0.3) is 0 Å². The molecule has 0 radical (unpaired) electrons. The van der Waals surface area contributed by atoms with Crippen molar-refractivity contribution in [1.29, 1.82) is 0 Å². The minimum atomic E-state index is -0.449. The Hall–Kier alpha value is -5.10. The fourth-order valence-corrected chi connectivity index (χ4v) is 9.02. The van der Waals surface area contributed by atoms with Crippen LogP contribution in [0, 0.1) is 17.8 Å². The second kappa shape index (κ2) is 21.2. The van der Waals surface area contributed by atoms with E-state index < -0.39 is 11.9 Å². The second-order valence-electron chi connectivity index (χ2n) is 17.2. The van der Waals surface area contributed by atoms with Crippen molar-refractivity contribution in [2.24, 2.45) is 17.8 Å². The van der Waals surface area contributed by atoms with Crippen LogP contribution in [0.25, 0.3) is 0 Å². The highest BCUT2D eigenvalue weighted by Crippen LogP contribution is 2.49. The summed E-state index contributed by atoms with van der Waals surface area (Å²) in [5, 5.41) is 0. The van der Waals surface area contributed by atoms with E-state index in [4.69, 9.17) is 18.9 Å². The molecule has 0 N–H and O–H groups in total. The third-order valence-electron chi connectivity index (χ3n) is 12.7. The van der Waals surface area contributed by atoms with Crippen molar-refractivity contribution in [3.8, 4) is 34.5 Å². The molecule has 2 aliphatic rings. The summed E-state index contributed by atoms with van der Waals surface area (Å²) in [4.78, 5) is 23.8. The maximum atomic E-state index is 11.9. The number of ether oxygens (including phenoxy) is 4. The van der Waals surface area contributed by atoms with Crippen LogP contribution < -0.4 is 18.9 Å². The summed E-state index contributed by atoms with van der Waals surface area (Å²) >= 11 is 0. The van der Waals surface area contributed by atoms with Gasteiger partial charge in [0.2, 0.25) is 0 Å². The van der Waals surface area contributed by atoms with Crippen molar-refractivity contribution in [3.63, 3.8) is 0 Å². The van der Waals surface area contributed by atoms with Crippen molar-refractivity contribution in [3.05, 3.63) is 132 Å². The molecule has 0 amide bonds. The molecule has 59 heavy (non-hydrogen) atoms. The first kappa shape index (κ1) is 43.5. The number of carbonyl (C=O) groups is 2. The van der Waals surface area contributed by atoms with Crippen LogP contribution in [-0.2, 0) is 15.0 Å². The highest BCUT2D eigenvalue weighted by atomic mass is 16.5. The van der Waals surface area contributed by atoms with E-state index in [0.717, 1.165) is 42.1 Å². The summed E-state index contributed by atoms with van der Waals surface area (Å²) in [6.07, 6.45) is 21.5. The van der Waals surface area contributed by atoms with E-state index in [1.165, 1.54) is 101 Å². The van der Waals surface area contributed by atoms with Crippen molar-refractivity contribution < 1.29 is 28.5 Å². The maximum Gasteiger partial charge on any atom is 0.338 e. The predicted molar refractivity (Wildman–Crippen MR) is 238 cm³/mol. The smallest absolute Gasteiger partial charge is 0.338 e. The average molecular weight is 797 g/mol. The van der Waals surface area contributed by atoms with Gasteiger partial charge in [-0.2, -0.15) is 0 Å². The Labute approximate surface area is 353 Å². The second-order valence-corrected chi connectivity index (χ2v) is 17.2. The lowest BCUT2D eigenvalue weighted by Crippen LogP contribution is -2.33. The van der Waals surface area contributed by atoms with E-state index in [9.17, 15) is 9.59 Å². The highest BCUT2D eigenvalue weighted by Gasteiger charge is 2.38. The first-order valence-electron chi connectivity index (χ1n) is 22.1. The summed E-state index contributed by atoms with van der Waals surface area (Å²) in [7, 11) is 0. The summed E-state index contributed by atoms with van der Waals surface area (Å²) in [6.45, 7) is 12.8. The quantitative estimate of drug-likeness (QED) is 0.0407. The normalized spacial score (nSPS) is 17.7. The number of carbonyl (C=O) groups excluding carboxylic acids is 2. The van der Waals surface area contributed by atoms with Gasteiger partial charge in [0, 0.05) is 16.6 Å². The molecule has 0 aliphatic heterocycles. The fourth-order valence-electron chi connectivity index (χ4n) is 9.02. The zero-order valence-corrected chi connectivity index (χ0v) is 35.6. The molecule has 0 spiro atoms. The molecule has 2 aliphatic carbocycles. The van der Waals surface area contributed by atoms with Crippen LogP contribution in [0.15, 0.2) is 121 Å². The Bertz CT molecular complexity index is 1840. The van der Waals surface area contributed by atoms with Gasteiger partial charge in [0.15, 0.2) is 0 Å². The molecule has 0 unspecified atom stereocenters. The number of rotatable bonds is 19. The largest absolute Gasteiger partial charge is 0.457 e. The molecule has 4 aromatic rings. The number of benzene rings is 4. The molecule has 0 saturated heterocycles. The van der Waals surface area contributed by atoms with Crippen molar-refractivity contribution in [2.45, 2.75) is 129 Å². The molecular weight excluding hydrogens is 733 g/mol. The van der Waals surface area contributed by atoms with E-state index in [1.807, 2.05) is 0 Å². The summed E-state index contributed by atoms with van der Waals surface area (Å²) in [5.41, 5.74) is 3.18. The molecule has 0 bridgehead atoms. The molecule has 2 saturated carbocycles. The van der Waals surface area contributed by atoms with Gasteiger partial charge in [-0.25, -0.2) is 9.59 Å². The Morgan fingerprint density at radius 2 is 0.831 bits per heavy atom. The van der Waals surface area contributed by atoms with Crippen LogP contribution in [-0.4, -0.2) is 11.9 Å². The summed E-state index contributed by atoms with van der Waals surface area (Å²) in [6, 6.07) is 31.3. The number of esters is 2. The molecule has 4 aromatic carbocycles. The van der Waals surface area contributed by atoms with E-state index in [0.29, 0.717) is 34.1 Å². The lowest BCUT2D eigenvalue weighted by molar-refractivity contribution is -0.130. The van der Waals surface area contributed by atoms with Gasteiger partial charge in [-0.05, 0) is 141 Å². The Morgan fingerprint density at radius 1 is 0.492 bits per heavy atom. The standard InChI is InChI=1S/C53H64O6/c1-6-7-8-9-10-11-40-12-14-41(15-13-40)16-17-42-34-36-53(37-35-42,43-18-22-45(23-19-43)56-47-26-30-49(31-27-47)58-51(54)38(2)3)44-20-24-46(25-21-44)57-48-28-32-50(33-29-48)59-52(55)39(4)5/h18-33,40-42H,2,4,6-17,34-37H2,1,3,5H3. The minimum Gasteiger partial charge on any atom is -0.457 e. The van der Waals surface area contributed by atoms with E-state index in [-0.39, 0.29) is 5.41 Å². The van der Waals surface area contributed by atoms with Crippen LogP contribution in [0.5, 0.6) is 34.5 Å². The first-order valence-corrected chi connectivity index (χ1v) is 22.1.